The van der Waals surface area contributed by atoms with Crippen molar-refractivity contribution in [3.8, 4) is 24.2 Å². The summed E-state index contributed by atoms with van der Waals surface area (Å²) in [5.74, 6) is 8.89. The molecule has 0 saturated heterocycles. The van der Waals surface area contributed by atoms with Crippen LogP contribution < -0.4 is 0 Å². The number of hydrogen-bond acceptors (Lipinski definition) is 0. The molecule has 0 aliphatic carbocycles. The van der Waals surface area contributed by atoms with Crippen LogP contribution >= 0.6 is 0 Å². The Labute approximate surface area is 186 Å². The Hall–Kier alpha value is -4.40. The van der Waals surface area contributed by atoms with Crippen LogP contribution in [0.15, 0.2) is 84.9 Å². The lowest BCUT2D eigenvalue weighted by Crippen LogP contribution is -2.22. The topological polar surface area (TPSA) is 31.6 Å². The molecule has 6 rings (SSSR count). The van der Waals surface area contributed by atoms with Crippen LogP contribution in [-0.4, -0.2) is 9.97 Å². The van der Waals surface area contributed by atoms with E-state index in [2.05, 4.69) is 120 Å². The minimum absolute atomic E-state index is 0.618. The molecular weight excluding hydrogens is 388 g/mol. The van der Waals surface area contributed by atoms with Crippen LogP contribution in [0.25, 0.3) is 43.6 Å². The zero-order valence-electron chi connectivity index (χ0n) is 17.7. The highest BCUT2D eigenvalue weighted by Crippen LogP contribution is 2.41. The van der Waals surface area contributed by atoms with Crippen molar-refractivity contribution in [3.63, 3.8) is 0 Å². The highest BCUT2D eigenvalue weighted by atomic mass is 14.7. The second-order valence-corrected chi connectivity index (χ2v) is 8.32. The second kappa shape index (κ2) is 6.81. The maximum absolute atomic E-state index is 5.60. The average Bonchev–Trinajstić information content (AvgIpc) is 3.40. The van der Waals surface area contributed by atoms with Crippen LogP contribution in [-0.2, 0) is 5.41 Å². The fraction of sp³-hybridized carbons (Fsp3) is 0.0667. The van der Waals surface area contributed by atoms with Gasteiger partial charge in [0.25, 0.3) is 0 Å². The molecule has 2 heterocycles. The molecule has 2 N–H and O–H groups in total. The minimum atomic E-state index is -0.618. The predicted octanol–water partition coefficient (Wildman–Crippen LogP) is 6.90. The lowest BCUT2D eigenvalue weighted by molar-refractivity contribution is 0.766. The van der Waals surface area contributed by atoms with Crippen LogP contribution in [0.3, 0.4) is 0 Å². The summed E-state index contributed by atoms with van der Waals surface area (Å²) in [6.45, 7) is 2.16. The number of aromatic nitrogens is 2. The van der Waals surface area contributed by atoms with Crippen LogP contribution in [0.2, 0.25) is 0 Å². The Balaban J connectivity index is 1.73. The fourth-order valence-electron chi connectivity index (χ4n) is 5.02. The molecule has 0 unspecified atom stereocenters. The quantitative estimate of drug-likeness (QED) is 0.292. The number of benzene rings is 4. The lowest BCUT2D eigenvalue weighted by atomic mass is 9.75. The summed E-state index contributed by atoms with van der Waals surface area (Å²) in [4.78, 5) is 7.29. The van der Waals surface area contributed by atoms with Crippen LogP contribution in [0, 0.1) is 24.2 Å². The molecule has 32 heavy (non-hydrogen) atoms. The number of H-pyrrole nitrogens is 2. The maximum Gasteiger partial charge on any atom is 0.0834 e. The summed E-state index contributed by atoms with van der Waals surface area (Å²) in [6.07, 6.45) is 5.60. The molecule has 150 valence electrons. The van der Waals surface area contributed by atoms with Gasteiger partial charge in [-0.2, -0.15) is 0 Å². The summed E-state index contributed by atoms with van der Waals surface area (Å²) < 4.78 is 0. The number of aromatic amines is 2. The number of terminal acetylenes is 1. The van der Waals surface area contributed by atoms with Crippen molar-refractivity contribution < 1.29 is 0 Å². The zero-order valence-corrected chi connectivity index (χ0v) is 17.7. The van der Waals surface area contributed by atoms with E-state index >= 15 is 0 Å². The van der Waals surface area contributed by atoms with Crippen LogP contribution in [0.1, 0.15) is 18.1 Å². The number of hydrogen-bond donors (Lipinski definition) is 2. The first-order chi connectivity index (χ1) is 15.7. The van der Waals surface area contributed by atoms with Gasteiger partial charge in [0.15, 0.2) is 0 Å². The molecule has 0 aliphatic heterocycles. The molecule has 2 aromatic heterocycles. The monoisotopic (exact) mass is 408 g/mol. The fourth-order valence-corrected chi connectivity index (χ4v) is 5.02. The molecule has 0 aliphatic rings. The maximum atomic E-state index is 5.60. The van der Waals surface area contributed by atoms with Gasteiger partial charge in [0.1, 0.15) is 0 Å². The van der Waals surface area contributed by atoms with Crippen molar-refractivity contribution in [2.24, 2.45) is 0 Å². The van der Waals surface area contributed by atoms with Crippen LogP contribution in [0.5, 0.6) is 0 Å². The third kappa shape index (κ3) is 2.51. The number of rotatable bonds is 2. The summed E-state index contributed by atoms with van der Waals surface area (Å²) in [5, 5.41) is 4.80. The van der Waals surface area contributed by atoms with Gasteiger partial charge in [-0.3, -0.25) is 0 Å². The Morgan fingerprint density at radius 3 is 1.59 bits per heavy atom. The summed E-state index contributed by atoms with van der Waals surface area (Å²) in [7, 11) is 0. The molecule has 4 aromatic carbocycles. The van der Waals surface area contributed by atoms with E-state index in [1.807, 2.05) is 0 Å². The smallest absolute Gasteiger partial charge is 0.0834 e. The van der Waals surface area contributed by atoms with Gasteiger partial charge in [-0.1, -0.05) is 78.7 Å². The highest BCUT2D eigenvalue weighted by Gasteiger charge is 2.32. The van der Waals surface area contributed by atoms with Gasteiger partial charge < -0.3 is 9.97 Å². The molecule has 0 bridgehead atoms. The number of nitrogens with one attached hydrogen (secondary N) is 2. The Bertz CT molecular complexity index is 1650. The van der Waals surface area contributed by atoms with E-state index in [1.165, 1.54) is 21.5 Å². The normalized spacial score (nSPS) is 11.6. The predicted molar refractivity (Wildman–Crippen MR) is 135 cm³/mol. The zero-order chi connectivity index (χ0) is 21.7. The SMILES string of the molecule is C#CC#CC(C)(c1cccc2c1[nH]c1ccccc12)c1cccc2c1[nH]c1ccccc12. The molecular formula is C30H20N2. The highest BCUT2D eigenvalue weighted by molar-refractivity contribution is 6.10. The van der Waals surface area contributed by atoms with E-state index in [-0.39, 0.29) is 0 Å². The van der Waals surface area contributed by atoms with Crippen LogP contribution in [0.4, 0.5) is 0 Å². The van der Waals surface area contributed by atoms with E-state index in [9.17, 15) is 0 Å². The van der Waals surface area contributed by atoms with E-state index in [0.29, 0.717) is 0 Å². The first-order valence-corrected chi connectivity index (χ1v) is 10.7. The molecule has 6 aromatic rings. The summed E-state index contributed by atoms with van der Waals surface area (Å²) in [5.41, 5.74) is 6.02. The van der Waals surface area contributed by atoms with Crippen molar-refractivity contribution >= 4 is 43.6 Å². The molecule has 2 heteroatoms. The van der Waals surface area contributed by atoms with Crippen molar-refractivity contribution in [1.29, 1.82) is 0 Å². The largest absolute Gasteiger partial charge is 0.354 e. The third-order valence-electron chi connectivity index (χ3n) is 6.54. The third-order valence-corrected chi connectivity index (χ3v) is 6.54. The van der Waals surface area contributed by atoms with E-state index in [1.54, 1.807) is 0 Å². The van der Waals surface area contributed by atoms with Gasteiger partial charge in [-0.25, -0.2) is 0 Å². The molecule has 0 saturated carbocycles. The van der Waals surface area contributed by atoms with E-state index < -0.39 is 5.41 Å². The number of para-hydroxylation sites is 4. The van der Waals surface area contributed by atoms with Crippen molar-refractivity contribution in [3.05, 3.63) is 96.1 Å². The molecule has 0 radical (unpaired) electrons. The summed E-state index contributed by atoms with van der Waals surface area (Å²) in [6, 6.07) is 29.7. The average molecular weight is 409 g/mol. The van der Waals surface area contributed by atoms with E-state index in [4.69, 9.17) is 6.42 Å². The first kappa shape index (κ1) is 18.4. The van der Waals surface area contributed by atoms with Gasteiger partial charge >= 0.3 is 0 Å². The Kier molecular flexibility index (Phi) is 3.91. The van der Waals surface area contributed by atoms with Gasteiger partial charge in [0.05, 0.1) is 16.4 Å². The van der Waals surface area contributed by atoms with Gasteiger partial charge in [0, 0.05) is 32.6 Å². The lowest BCUT2D eigenvalue weighted by Gasteiger charge is -2.26. The van der Waals surface area contributed by atoms with Gasteiger partial charge in [-0.05, 0) is 42.0 Å². The van der Waals surface area contributed by atoms with Gasteiger partial charge in [0.2, 0.25) is 0 Å². The second-order valence-electron chi connectivity index (χ2n) is 8.32. The number of fused-ring (bicyclic) bond motifs is 6. The van der Waals surface area contributed by atoms with Gasteiger partial charge in [-0.15, -0.1) is 6.42 Å². The molecule has 2 nitrogen and oxygen atoms in total. The standard InChI is InChI=1S/C30H20N2/c1-3-4-19-30(2,24-15-9-13-22-20-11-5-7-17-26(20)31-28(22)24)25-16-10-14-23-21-12-6-8-18-27(21)32-29(23)25/h1,5-18,31-32H,2H3. The summed E-state index contributed by atoms with van der Waals surface area (Å²) >= 11 is 0. The molecule has 0 fully saturated rings. The molecule has 0 amide bonds. The van der Waals surface area contributed by atoms with Crippen molar-refractivity contribution in [2.75, 3.05) is 0 Å². The minimum Gasteiger partial charge on any atom is -0.354 e. The first-order valence-electron chi connectivity index (χ1n) is 10.7. The van der Waals surface area contributed by atoms with E-state index in [0.717, 1.165) is 33.2 Å². The Morgan fingerprint density at radius 2 is 1.09 bits per heavy atom. The molecule has 0 spiro atoms. The molecule has 0 atom stereocenters. The van der Waals surface area contributed by atoms with Crippen molar-refractivity contribution in [2.45, 2.75) is 12.3 Å². The van der Waals surface area contributed by atoms with Crippen molar-refractivity contribution in [1.82, 2.24) is 9.97 Å². The Morgan fingerprint density at radius 1 is 0.625 bits per heavy atom.